The average molecular weight is 171 g/mol. The molecule has 0 rings (SSSR count). The molecule has 0 saturated heterocycles. The molecular weight excluding hydrogens is 171 g/mol. The maximum Gasteiger partial charge on any atom is 3.00 e. The molecule has 0 N–H and O–H groups in total. The van der Waals surface area contributed by atoms with Crippen molar-refractivity contribution in [1.29, 1.82) is 15.8 Å². The van der Waals surface area contributed by atoms with E-state index in [1.165, 1.54) is 0 Å². The molecule has 0 amide bonds. The fourth-order valence-corrected chi connectivity index (χ4v) is 0. The molecule has 0 fully saturated rings. The van der Waals surface area contributed by atoms with Crippen LogP contribution in [0.2, 0.25) is 0 Å². The summed E-state index contributed by atoms with van der Waals surface area (Å²) in [5, 5.41) is 18.8. The van der Waals surface area contributed by atoms with Gasteiger partial charge in [0.15, 0.2) is 0 Å². The third-order valence-corrected chi connectivity index (χ3v) is 0. The van der Waals surface area contributed by atoms with Gasteiger partial charge in [-0.2, -0.15) is 0 Å². The third-order valence-electron chi connectivity index (χ3n) is 0. The zero-order valence-corrected chi connectivity index (χ0v) is 5.49. The van der Waals surface area contributed by atoms with Gasteiger partial charge >= 0.3 is 22.4 Å². The molecule has 0 aliphatic rings. The molecule has 7 heavy (non-hydrogen) atoms. The van der Waals surface area contributed by atoms with Crippen molar-refractivity contribution in [3.8, 4) is 0 Å². The first-order chi connectivity index (χ1) is 3.00. The van der Waals surface area contributed by atoms with Crippen molar-refractivity contribution < 1.29 is 22.4 Å². The summed E-state index contributed by atoms with van der Waals surface area (Å²) in [6.07, 6.45) is 0. The first-order valence-electron chi connectivity index (χ1n) is 0.671. The van der Waals surface area contributed by atoms with Crippen molar-refractivity contribution >= 4 is 0 Å². The molecule has 3 nitrogen and oxygen atoms in total. The van der Waals surface area contributed by atoms with Gasteiger partial charge in [0.2, 0.25) is 0 Å². The Labute approximate surface area is 58.3 Å². The molecule has 0 radical (unpaired) electrons. The molecule has 0 aliphatic carbocycles. The molecule has 0 unspecified atom stereocenters. The monoisotopic (exact) mass is 171 g/mol. The summed E-state index contributed by atoms with van der Waals surface area (Å²) in [7, 11) is 0. The second-order valence-corrected chi connectivity index (χ2v) is 0. The molecule has 0 saturated carbocycles. The molecule has 0 bridgehead atoms. The van der Waals surface area contributed by atoms with Crippen molar-refractivity contribution in [3.05, 3.63) is 19.7 Å². The largest absolute Gasteiger partial charge is 3.00 e. The van der Waals surface area contributed by atoms with E-state index in [1.54, 1.807) is 0 Å². The second kappa shape index (κ2) is 148. The summed E-state index contributed by atoms with van der Waals surface area (Å²) >= 11 is 0. The van der Waals surface area contributed by atoms with Crippen LogP contribution in [0, 0.1) is 35.5 Å². The SMILES string of the molecule is [C-]#N.[C-]#N.[C-]#N.[Nb+3]. The van der Waals surface area contributed by atoms with Gasteiger partial charge in [-0.05, 0) is 0 Å². The van der Waals surface area contributed by atoms with Crippen LogP contribution < -0.4 is 0 Å². The number of nitrogens with zero attached hydrogens (tertiary/aromatic N) is 3. The Hall–Kier alpha value is -0.790. The van der Waals surface area contributed by atoms with Gasteiger partial charge in [0.25, 0.3) is 0 Å². The molecular formula is C3N3Nb. The Bertz CT molecular complexity index is 38.7. The Morgan fingerprint density at radius 2 is 0.571 bits per heavy atom. The molecule has 0 aliphatic heterocycles. The van der Waals surface area contributed by atoms with Crippen LogP contribution >= 0.6 is 0 Å². The van der Waals surface area contributed by atoms with E-state index >= 15 is 0 Å². The quantitative estimate of drug-likeness (QED) is 0.388. The van der Waals surface area contributed by atoms with Crippen LogP contribution in [0.3, 0.4) is 0 Å². The van der Waals surface area contributed by atoms with Crippen molar-refractivity contribution in [2.24, 2.45) is 0 Å². The van der Waals surface area contributed by atoms with Gasteiger partial charge in [-0.3, -0.25) is 0 Å². The first kappa shape index (κ1) is 34.5. The molecule has 0 atom stereocenters. The van der Waals surface area contributed by atoms with E-state index in [9.17, 15) is 0 Å². The molecule has 0 aromatic heterocycles. The maximum atomic E-state index is 6.25. The summed E-state index contributed by atoms with van der Waals surface area (Å²) in [6.45, 7) is 14.2. The summed E-state index contributed by atoms with van der Waals surface area (Å²) in [4.78, 5) is 0. The zero-order valence-electron chi connectivity index (χ0n) is 3.29. The average Bonchev–Trinajstić information content (AvgIpc) is 1.81. The van der Waals surface area contributed by atoms with Gasteiger partial charge in [-0.15, -0.1) is 0 Å². The minimum atomic E-state index is 0. The molecule has 0 aromatic carbocycles. The normalized spacial score (nSPS) is 0.857. The molecule has 32 valence electrons. The van der Waals surface area contributed by atoms with Crippen LogP contribution in [0.5, 0.6) is 0 Å². The van der Waals surface area contributed by atoms with Crippen molar-refractivity contribution in [2.45, 2.75) is 0 Å². The van der Waals surface area contributed by atoms with Gasteiger partial charge < -0.3 is 35.5 Å². The minimum absolute atomic E-state index is 0. The Balaban J connectivity index is -0.00000000900. The van der Waals surface area contributed by atoms with Gasteiger partial charge in [-0.1, -0.05) is 0 Å². The summed E-state index contributed by atoms with van der Waals surface area (Å²) in [5.74, 6) is 0. The molecule has 0 aromatic rings. The summed E-state index contributed by atoms with van der Waals surface area (Å²) in [5.41, 5.74) is 0. The summed E-state index contributed by atoms with van der Waals surface area (Å²) in [6, 6.07) is 0. The van der Waals surface area contributed by atoms with E-state index in [2.05, 4.69) is 0 Å². The van der Waals surface area contributed by atoms with Gasteiger partial charge in [0.05, 0.1) is 0 Å². The first-order valence-corrected chi connectivity index (χ1v) is 0.671. The summed E-state index contributed by atoms with van der Waals surface area (Å²) < 4.78 is 0. The zero-order chi connectivity index (χ0) is 6.00. The van der Waals surface area contributed by atoms with E-state index in [-0.39, 0.29) is 22.4 Å². The van der Waals surface area contributed by atoms with Gasteiger partial charge in [-0.25, -0.2) is 0 Å². The van der Waals surface area contributed by atoms with Gasteiger partial charge in [0, 0.05) is 0 Å². The number of hydrogen-bond donors (Lipinski definition) is 0. The fourth-order valence-electron chi connectivity index (χ4n) is 0. The van der Waals surface area contributed by atoms with Crippen molar-refractivity contribution in [3.63, 3.8) is 0 Å². The van der Waals surface area contributed by atoms with Crippen LogP contribution in [0.4, 0.5) is 0 Å². The van der Waals surface area contributed by atoms with E-state index in [1.807, 2.05) is 0 Å². The second-order valence-electron chi connectivity index (χ2n) is 0. The Kier molecular flexibility index (Phi) is 730. The smallest absolute Gasteiger partial charge is 0.512 e. The van der Waals surface area contributed by atoms with Gasteiger partial charge in [0.1, 0.15) is 0 Å². The van der Waals surface area contributed by atoms with E-state index < -0.39 is 0 Å². The van der Waals surface area contributed by atoms with Crippen LogP contribution in [0.25, 0.3) is 0 Å². The van der Waals surface area contributed by atoms with Crippen LogP contribution in [0.1, 0.15) is 0 Å². The van der Waals surface area contributed by atoms with Crippen LogP contribution in [-0.4, -0.2) is 0 Å². The topological polar surface area (TPSA) is 71.4 Å². The minimum Gasteiger partial charge on any atom is -0.512 e. The third kappa shape index (κ3) is 86.1. The van der Waals surface area contributed by atoms with E-state index in [0.29, 0.717) is 0 Å². The molecule has 4 heteroatoms. The maximum absolute atomic E-state index is 6.25. The predicted octanol–water partition coefficient (Wildman–Crippen LogP) is 0.287. The number of hydrogen-bond acceptors (Lipinski definition) is 3. The molecule has 0 heterocycles. The fraction of sp³-hybridized carbons (Fsp3) is 0. The van der Waals surface area contributed by atoms with Crippen molar-refractivity contribution in [1.82, 2.24) is 0 Å². The van der Waals surface area contributed by atoms with Crippen LogP contribution in [0.15, 0.2) is 0 Å². The van der Waals surface area contributed by atoms with Crippen LogP contribution in [-0.2, 0) is 22.4 Å². The van der Waals surface area contributed by atoms with E-state index in [4.69, 9.17) is 35.5 Å². The Morgan fingerprint density at radius 1 is 0.571 bits per heavy atom. The predicted molar refractivity (Wildman–Crippen MR) is 14.9 cm³/mol. The standard InChI is InChI=1S/3CN.Nb/c3*1-2;/q3*-1;+3. The molecule has 0 spiro atoms. The van der Waals surface area contributed by atoms with Crippen molar-refractivity contribution in [2.75, 3.05) is 0 Å². The van der Waals surface area contributed by atoms with E-state index in [0.717, 1.165) is 0 Å². The Morgan fingerprint density at radius 3 is 0.571 bits per heavy atom. The number of rotatable bonds is 0.